The van der Waals surface area contributed by atoms with E-state index in [2.05, 4.69) is 0 Å². The molecule has 16 heteroatoms. The molecular weight excluding hydrogens is 404 g/mol. The van der Waals surface area contributed by atoms with E-state index in [-0.39, 0.29) is 34.4 Å². The van der Waals surface area contributed by atoms with E-state index in [4.69, 9.17) is 64.8 Å². The Morgan fingerprint density at radius 3 is 1.17 bits per heavy atom. The summed E-state index contributed by atoms with van der Waals surface area (Å²) in [6, 6.07) is 0. The summed E-state index contributed by atoms with van der Waals surface area (Å²) in [6.45, 7) is 0. The highest BCUT2D eigenvalue weighted by atomic mass is 16.7. The van der Waals surface area contributed by atoms with E-state index in [0.717, 1.165) is 12.4 Å². The van der Waals surface area contributed by atoms with Gasteiger partial charge in [-0.05, 0) is 0 Å². The average Bonchev–Trinajstić information content (AvgIpc) is 2.86. The van der Waals surface area contributed by atoms with Crippen molar-refractivity contribution in [3.05, 3.63) is 57.2 Å². The lowest BCUT2D eigenvalue weighted by atomic mass is 10.1. The largest absolute Gasteiger partial charge is 0.622 e. The molecule has 2 fully saturated rings. The first-order chi connectivity index (χ1) is 13.3. The quantitative estimate of drug-likeness (QED) is 0.111. The summed E-state index contributed by atoms with van der Waals surface area (Å²) in [5.41, 5.74) is 45.6. The maximum absolute atomic E-state index is 13.3. The van der Waals surface area contributed by atoms with Gasteiger partial charge in [-0.15, -0.1) is 0 Å². The maximum atomic E-state index is 13.3. The molecule has 4 aliphatic rings. The number of quaternary nitrogens is 2. The van der Waals surface area contributed by atoms with E-state index in [1.165, 1.54) is 14.1 Å². The van der Waals surface area contributed by atoms with Crippen LogP contribution >= 0.6 is 0 Å². The predicted molar refractivity (Wildman–Crippen MR) is 98.1 cm³/mol. The van der Waals surface area contributed by atoms with Gasteiger partial charge in [0.2, 0.25) is 34.4 Å². The second-order valence-corrected chi connectivity index (χ2v) is 7.90. The summed E-state index contributed by atoms with van der Waals surface area (Å²) in [4.78, 5) is 0. The van der Waals surface area contributed by atoms with Crippen LogP contribution in [0.15, 0.2) is 46.8 Å². The van der Waals surface area contributed by atoms with Crippen molar-refractivity contribution in [1.82, 2.24) is 0 Å². The lowest BCUT2D eigenvalue weighted by Crippen LogP contribution is -2.79. The molecule has 0 amide bonds. The van der Waals surface area contributed by atoms with Crippen LogP contribution in [0.1, 0.15) is 0 Å². The van der Waals surface area contributed by atoms with Crippen LogP contribution in [-0.4, -0.2) is 46.8 Å². The van der Waals surface area contributed by atoms with Crippen LogP contribution < -0.4 is 45.9 Å². The van der Waals surface area contributed by atoms with Crippen molar-refractivity contribution in [3.8, 4) is 0 Å². The Morgan fingerprint density at radius 2 is 0.867 bits per heavy atom. The molecule has 4 aliphatic heterocycles. The minimum atomic E-state index is -2.26. The van der Waals surface area contributed by atoms with Gasteiger partial charge in [-0.25, -0.2) is 0 Å². The topological polar surface area (TPSA) is 291 Å². The smallest absolute Gasteiger partial charge is 0.282 e. The Bertz CT molecular complexity index is 896. The molecule has 30 heavy (non-hydrogen) atoms. The van der Waals surface area contributed by atoms with Crippen molar-refractivity contribution in [2.75, 3.05) is 14.1 Å². The monoisotopic (exact) mass is 428 g/mol. The van der Waals surface area contributed by atoms with Gasteiger partial charge in [0.05, 0.1) is 14.1 Å². The number of nitrogens with two attached hydrogens (primary N) is 8. The molecule has 0 aromatic carbocycles. The Morgan fingerprint density at radius 1 is 0.600 bits per heavy atom. The number of hydrogen-bond donors (Lipinski definition) is 8. The summed E-state index contributed by atoms with van der Waals surface area (Å²) in [6.07, 6.45) is 2.08. The van der Waals surface area contributed by atoms with Crippen LogP contribution in [0.25, 0.3) is 0 Å². The van der Waals surface area contributed by atoms with E-state index in [0.29, 0.717) is 0 Å². The third kappa shape index (κ3) is 2.59. The molecule has 0 aliphatic carbocycles. The van der Waals surface area contributed by atoms with Crippen LogP contribution in [-0.2, 0) is 18.9 Å². The zero-order valence-electron chi connectivity index (χ0n) is 16.1. The van der Waals surface area contributed by atoms with Crippen LogP contribution in [0.2, 0.25) is 0 Å². The lowest BCUT2D eigenvalue weighted by Gasteiger charge is -2.44. The van der Waals surface area contributed by atoms with Gasteiger partial charge in [-0.1, -0.05) is 0 Å². The molecule has 0 bridgehead atoms. The van der Waals surface area contributed by atoms with Gasteiger partial charge in [0, 0.05) is 0 Å². The third-order valence-electron chi connectivity index (χ3n) is 5.04. The van der Waals surface area contributed by atoms with Crippen molar-refractivity contribution < 1.29 is 28.2 Å². The van der Waals surface area contributed by atoms with Crippen LogP contribution in [0.3, 0.4) is 0 Å². The van der Waals surface area contributed by atoms with Gasteiger partial charge in [-0.3, -0.25) is 55.2 Å². The van der Waals surface area contributed by atoms with Gasteiger partial charge >= 0.3 is 0 Å². The second kappa shape index (κ2) is 5.29. The van der Waals surface area contributed by atoms with Gasteiger partial charge < -0.3 is 29.4 Å². The number of rotatable bonds is 1. The number of ether oxygens (including phenoxy) is 4. The summed E-state index contributed by atoms with van der Waals surface area (Å²) in [7, 11) is 2.35. The number of fused-ring (bicyclic) bond motifs is 2. The first kappa shape index (κ1) is 20.9. The van der Waals surface area contributed by atoms with Crippen LogP contribution in [0.5, 0.6) is 0 Å². The van der Waals surface area contributed by atoms with Crippen molar-refractivity contribution in [3.63, 3.8) is 0 Å². The first-order valence-corrected chi connectivity index (χ1v) is 8.49. The normalized spacial score (nSPS) is 37.2. The Kier molecular flexibility index (Phi) is 3.69. The molecule has 0 radical (unpaired) electrons. The van der Waals surface area contributed by atoms with E-state index < -0.39 is 32.7 Å². The molecule has 2 saturated heterocycles. The number of nitrogens with zero attached hydrogens (tertiary/aromatic N) is 2. The molecule has 0 saturated carbocycles. The van der Waals surface area contributed by atoms with Gasteiger partial charge in [-0.2, -0.15) is 0 Å². The zero-order valence-corrected chi connectivity index (χ0v) is 16.1. The maximum Gasteiger partial charge on any atom is 0.282 e. The van der Waals surface area contributed by atoms with Crippen molar-refractivity contribution in [2.45, 2.75) is 23.4 Å². The van der Waals surface area contributed by atoms with Crippen LogP contribution in [0.4, 0.5) is 0 Å². The number of hydroxylamine groups is 6. The zero-order chi connectivity index (χ0) is 22.7. The summed E-state index contributed by atoms with van der Waals surface area (Å²) in [5, 5.41) is 26.7. The lowest BCUT2D eigenvalue weighted by molar-refractivity contribution is -0.808. The minimum absolute atomic E-state index is 0.184. The summed E-state index contributed by atoms with van der Waals surface area (Å²) in [5.74, 6) is -9.81. The van der Waals surface area contributed by atoms with Crippen molar-refractivity contribution in [1.29, 1.82) is 0 Å². The van der Waals surface area contributed by atoms with Gasteiger partial charge in [0.15, 0.2) is 0 Å². The SMILES string of the molecule is C[N+]1([O-])C=C2OC(N)(N)C(N)(N)OC2=C1C1=C2OC(N)(N)C(N)(N)OC2=C[N+]1(C)[O-]. The fourth-order valence-electron chi connectivity index (χ4n) is 3.33. The highest BCUT2D eigenvalue weighted by Gasteiger charge is 2.61. The molecule has 16 N–H and O–H groups in total. The number of hydrogen-bond acceptors (Lipinski definition) is 14. The van der Waals surface area contributed by atoms with E-state index >= 15 is 0 Å². The van der Waals surface area contributed by atoms with E-state index in [9.17, 15) is 10.4 Å². The Balaban J connectivity index is 1.93. The molecule has 166 valence electrons. The van der Waals surface area contributed by atoms with Gasteiger partial charge in [0.25, 0.3) is 23.4 Å². The number of likely N-dealkylation sites (N-methyl/N-ethyl adjacent to an activating group) is 2. The highest BCUT2D eigenvalue weighted by molar-refractivity contribution is 5.46. The molecule has 0 aromatic rings. The molecule has 0 aromatic heterocycles. The second-order valence-electron chi connectivity index (χ2n) is 7.90. The molecular formula is C14H24N10O6. The average molecular weight is 428 g/mol. The standard InChI is InChI=1S/C14H24N10O6/c1-23(25)3-5-9(29-13(19,20)11(15,16)27-5)7(23)8-10-6(4-24(8,2)26)28-12(17,18)14(21,22)30-10/h3-4H,15-22H2,1-2H3. The first-order valence-electron chi connectivity index (χ1n) is 8.49. The van der Waals surface area contributed by atoms with Crippen molar-refractivity contribution >= 4 is 0 Å². The third-order valence-corrected chi connectivity index (χ3v) is 5.04. The summed E-state index contributed by atoms with van der Waals surface area (Å²) >= 11 is 0. The van der Waals surface area contributed by atoms with E-state index in [1.54, 1.807) is 0 Å². The van der Waals surface area contributed by atoms with Crippen LogP contribution in [0, 0.1) is 10.4 Å². The van der Waals surface area contributed by atoms with E-state index in [1.807, 2.05) is 0 Å². The molecule has 16 nitrogen and oxygen atoms in total. The molecule has 2 atom stereocenters. The molecule has 4 rings (SSSR count). The predicted octanol–water partition coefficient (Wildman–Crippen LogP) is -4.61. The highest BCUT2D eigenvalue weighted by Crippen LogP contribution is 2.50. The van der Waals surface area contributed by atoms with Gasteiger partial charge in [0.1, 0.15) is 12.4 Å². The fourth-order valence-corrected chi connectivity index (χ4v) is 3.33. The van der Waals surface area contributed by atoms with Crippen molar-refractivity contribution in [2.24, 2.45) is 45.9 Å². The Hall–Kier alpha value is -2.32. The molecule has 0 spiro atoms. The molecule has 4 heterocycles. The Labute approximate surface area is 169 Å². The fraction of sp³-hybridized carbons (Fsp3) is 0.429. The summed E-state index contributed by atoms with van der Waals surface area (Å²) < 4.78 is 19.1. The minimum Gasteiger partial charge on any atom is -0.622 e. The molecule has 2 unspecified atom stereocenters.